The van der Waals surface area contributed by atoms with E-state index in [-0.39, 0.29) is 11.2 Å². The summed E-state index contributed by atoms with van der Waals surface area (Å²) in [5.74, 6) is 0.241. The molecule has 0 aliphatic rings. The molecule has 0 fully saturated rings. The highest BCUT2D eigenvalue weighted by Crippen LogP contribution is 2.25. The topological polar surface area (TPSA) is 80.9 Å². The van der Waals surface area contributed by atoms with Gasteiger partial charge in [0.1, 0.15) is 0 Å². The van der Waals surface area contributed by atoms with E-state index in [0.717, 1.165) is 11.1 Å². The van der Waals surface area contributed by atoms with Crippen LogP contribution in [-0.4, -0.2) is 26.3 Å². The molecule has 8 heteroatoms. The zero-order valence-corrected chi connectivity index (χ0v) is 14.9. The summed E-state index contributed by atoms with van der Waals surface area (Å²) in [6.45, 7) is 2.15. The number of rotatable bonds is 6. The summed E-state index contributed by atoms with van der Waals surface area (Å²) in [5.41, 5.74) is 1.60. The van der Waals surface area contributed by atoms with Crippen molar-refractivity contribution >= 4 is 29.3 Å². The summed E-state index contributed by atoms with van der Waals surface area (Å²) < 4.78 is 5.57. The van der Waals surface area contributed by atoms with E-state index < -0.39 is 0 Å². The summed E-state index contributed by atoms with van der Waals surface area (Å²) in [5, 5.41) is 11.4. The van der Waals surface area contributed by atoms with Crippen molar-refractivity contribution in [3.05, 3.63) is 59.4 Å². The summed E-state index contributed by atoms with van der Waals surface area (Å²) in [6, 6.07) is 11.0. The second kappa shape index (κ2) is 8.13. The number of pyridine rings is 1. The number of aromatic nitrogens is 3. The molecule has 1 atom stereocenters. The van der Waals surface area contributed by atoms with Crippen LogP contribution in [0.2, 0.25) is 5.02 Å². The Hall–Kier alpha value is -2.38. The van der Waals surface area contributed by atoms with Gasteiger partial charge in [-0.25, -0.2) is 0 Å². The minimum Gasteiger partial charge on any atom is -0.411 e. The smallest absolute Gasteiger partial charge is 0.277 e. The van der Waals surface area contributed by atoms with Crippen LogP contribution in [0.3, 0.4) is 0 Å². The maximum Gasteiger partial charge on any atom is 0.277 e. The van der Waals surface area contributed by atoms with Crippen LogP contribution >= 0.6 is 23.4 Å². The van der Waals surface area contributed by atoms with Crippen LogP contribution in [0.15, 0.2) is 58.4 Å². The van der Waals surface area contributed by atoms with E-state index in [2.05, 4.69) is 20.5 Å². The Morgan fingerprint density at radius 1 is 1.28 bits per heavy atom. The van der Waals surface area contributed by atoms with Crippen molar-refractivity contribution in [2.45, 2.75) is 23.9 Å². The first-order valence-electron chi connectivity index (χ1n) is 7.55. The lowest BCUT2D eigenvalue weighted by Gasteiger charge is -2.10. The Balaban J connectivity index is 1.57. The molecular formula is C17H15ClN4O2S. The third kappa shape index (κ3) is 4.58. The lowest BCUT2D eigenvalue weighted by atomic mass is 10.2. The van der Waals surface area contributed by atoms with Crippen molar-refractivity contribution in [3.8, 4) is 11.5 Å². The van der Waals surface area contributed by atoms with Crippen LogP contribution in [-0.2, 0) is 11.3 Å². The number of hydrogen-bond donors (Lipinski definition) is 1. The van der Waals surface area contributed by atoms with E-state index in [1.165, 1.54) is 11.8 Å². The average molecular weight is 375 g/mol. The van der Waals surface area contributed by atoms with Crippen LogP contribution in [0.1, 0.15) is 12.5 Å². The Morgan fingerprint density at radius 3 is 2.88 bits per heavy atom. The second-order valence-electron chi connectivity index (χ2n) is 5.18. The van der Waals surface area contributed by atoms with Gasteiger partial charge in [-0.2, -0.15) is 0 Å². The number of nitrogens with one attached hydrogen (secondary N) is 1. The number of carbonyl (C=O) groups excluding carboxylic acids is 1. The summed E-state index contributed by atoms with van der Waals surface area (Å²) in [4.78, 5) is 16.2. The van der Waals surface area contributed by atoms with Crippen molar-refractivity contribution in [2.24, 2.45) is 0 Å². The maximum absolute atomic E-state index is 12.2. The highest BCUT2D eigenvalue weighted by Gasteiger charge is 2.18. The molecule has 2 heterocycles. The molecule has 0 aliphatic heterocycles. The Morgan fingerprint density at radius 2 is 2.12 bits per heavy atom. The third-order valence-corrected chi connectivity index (χ3v) is 4.68. The van der Waals surface area contributed by atoms with Gasteiger partial charge >= 0.3 is 0 Å². The molecule has 1 aromatic carbocycles. The highest BCUT2D eigenvalue weighted by atomic mass is 35.5. The first kappa shape index (κ1) is 17.4. The number of nitrogens with zero attached hydrogens (tertiary/aromatic N) is 3. The Labute approximate surface area is 154 Å². The lowest BCUT2D eigenvalue weighted by molar-refractivity contribution is -0.120. The van der Waals surface area contributed by atoms with E-state index in [1.807, 2.05) is 24.3 Å². The van der Waals surface area contributed by atoms with Crippen LogP contribution in [0.5, 0.6) is 0 Å². The van der Waals surface area contributed by atoms with Crippen molar-refractivity contribution in [3.63, 3.8) is 0 Å². The fraction of sp³-hybridized carbons (Fsp3) is 0.176. The molecule has 0 bridgehead atoms. The van der Waals surface area contributed by atoms with E-state index >= 15 is 0 Å². The molecule has 3 rings (SSSR count). The fourth-order valence-electron chi connectivity index (χ4n) is 2.04. The highest BCUT2D eigenvalue weighted by molar-refractivity contribution is 8.00. The SMILES string of the molecule is C[C@H](Sc1nnc(-c2cccnc2)o1)C(=O)NCc1ccccc1Cl. The minimum absolute atomic E-state index is 0.133. The van der Waals surface area contributed by atoms with E-state index in [1.54, 1.807) is 31.5 Å². The van der Waals surface area contributed by atoms with E-state index in [9.17, 15) is 4.79 Å². The molecule has 0 spiro atoms. The molecule has 3 aromatic rings. The molecule has 25 heavy (non-hydrogen) atoms. The van der Waals surface area contributed by atoms with Gasteiger partial charge in [0.15, 0.2) is 0 Å². The summed E-state index contributed by atoms with van der Waals surface area (Å²) in [7, 11) is 0. The van der Waals surface area contributed by atoms with Gasteiger partial charge in [-0.05, 0) is 30.7 Å². The number of benzene rings is 1. The Bertz CT molecular complexity index is 857. The largest absolute Gasteiger partial charge is 0.411 e. The van der Waals surface area contributed by atoms with Gasteiger partial charge in [0.05, 0.1) is 10.8 Å². The molecule has 1 amide bonds. The van der Waals surface area contributed by atoms with Crippen LogP contribution in [0, 0.1) is 0 Å². The molecule has 0 unspecified atom stereocenters. The number of halogens is 1. The van der Waals surface area contributed by atoms with Gasteiger partial charge < -0.3 is 9.73 Å². The quantitative estimate of drug-likeness (QED) is 0.664. The number of thioether (sulfide) groups is 1. The monoisotopic (exact) mass is 374 g/mol. The van der Waals surface area contributed by atoms with Gasteiger partial charge in [-0.15, -0.1) is 10.2 Å². The average Bonchev–Trinajstić information content (AvgIpc) is 3.10. The number of carbonyl (C=O) groups is 1. The van der Waals surface area contributed by atoms with Crippen LogP contribution in [0.4, 0.5) is 0 Å². The van der Waals surface area contributed by atoms with Crippen molar-refractivity contribution in [2.75, 3.05) is 0 Å². The molecule has 6 nitrogen and oxygen atoms in total. The normalized spacial score (nSPS) is 11.9. The van der Waals surface area contributed by atoms with Crippen LogP contribution < -0.4 is 5.32 Å². The van der Waals surface area contributed by atoms with Crippen LogP contribution in [0.25, 0.3) is 11.5 Å². The zero-order valence-electron chi connectivity index (χ0n) is 13.3. The lowest BCUT2D eigenvalue weighted by Crippen LogP contribution is -2.30. The van der Waals surface area contributed by atoms with Crippen molar-refractivity contribution in [1.82, 2.24) is 20.5 Å². The fourth-order valence-corrected chi connectivity index (χ4v) is 2.95. The molecule has 0 saturated carbocycles. The zero-order chi connectivity index (χ0) is 17.6. The predicted molar refractivity (Wildman–Crippen MR) is 96.1 cm³/mol. The van der Waals surface area contributed by atoms with E-state index in [0.29, 0.717) is 22.7 Å². The summed E-state index contributed by atoms with van der Waals surface area (Å²) in [6.07, 6.45) is 3.31. The standard InChI is InChI=1S/C17H15ClN4O2S/c1-11(15(23)20-10-12-5-2-3-7-14(12)18)25-17-22-21-16(24-17)13-6-4-8-19-9-13/h2-9,11H,10H2,1H3,(H,20,23)/t11-/m0/s1. The maximum atomic E-state index is 12.2. The molecule has 0 saturated heterocycles. The number of hydrogen-bond acceptors (Lipinski definition) is 6. The molecule has 0 aliphatic carbocycles. The van der Waals surface area contributed by atoms with Gasteiger partial charge in [-0.1, -0.05) is 41.6 Å². The molecular weight excluding hydrogens is 360 g/mol. The van der Waals surface area contributed by atoms with E-state index in [4.69, 9.17) is 16.0 Å². The number of amides is 1. The predicted octanol–water partition coefficient (Wildman–Crippen LogP) is 3.58. The minimum atomic E-state index is -0.385. The third-order valence-electron chi connectivity index (χ3n) is 3.37. The first-order valence-corrected chi connectivity index (χ1v) is 8.81. The molecule has 128 valence electrons. The van der Waals surface area contributed by atoms with Gasteiger partial charge in [0.2, 0.25) is 11.8 Å². The molecule has 1 N–H and O–H groups in total. The Kier molecular flexibility index (Phi) is 5.67. The first-order chi connectivity index (χ1) is 12.1. The second-order valence-corrected chi connectivity index (χ2v) is 6.88. The molecule has 0 radical (unpaired) electrons. The van der Waals surface area contributed by atoms with Crippen molar-refractivity contribution in [1.29, 1.82) is 0 Å². The van der Waals surface area contributed by atoms with Gasteiger partial charge in [0.25, 0.3) is 5.22 Å². The van der Waals surface area contributed by atoms with Gasteiger partial charge in [-0.3, -0.25) is 9.78 Å². The van der Waals surface area contributed by atoms with Gasteiger partial charge in [0, 0.05) is 24.0 Å². The molecule has 2 aromatic heterocycles. The summed E-state index contributed by atoms with van der Waals surface area (Å²) >= 11 is 7.28. The van der Waals surface area contributed by atoms with Crippen molar-refractivity contribution < 1.29 is 9.21 Å².